The lowest BCUT2D eigenvalue weighted by molar-refractivity contribution is -0.156. The molecule has 1 fully saturated rings. The van der Waals surface area contributed by atoms with Crippen LogP contribution in [0.15, 0.2) is 42.5 Å². The molecule has 0 radical (unpaired) electrons. The van der Waals surface area contributed by atoms with Crippen LogP contribution in [0.4, 0.5) is 11.4 Å². The zero-order valence-corrected chi connectivity index (χ0v) is 19.0. The predicted molar refractivity (Wildman–Crippen MR) is 124 cm³/mol. The number of nitrogens with one attached hydrogen (secondary N) is 1. The maximum absolute atomic E-state index is 13.3. The Labute approximate surface area is 196 Å². The number of carbonyl (C=O) groups excluding carboxylic acids is 3. The quantitative estimate of drug-likeness (QED) is 0.627. The van der Waals surface area contributed by atoms with Crippen LogP contribution in [0.1, 0.15) is 31.2 Å². The molecule has 2 aromatic carbocycles. The first-order valence-corrected chi connectivity index (χ1v) is 11.5. The lowest BCUT2D eigenvalue weighted by Crippen LogP contribution is -2.42. The van der Waals surface area contributed by atoms with E-state index >= 15 is 0 Å². The van der Waals surface area contributed by atoms with E-state index < -0.39 is 30.3 Å². The van der Waals surface area contributed by atoms with Crippen LogP contribution in [-0.2, 0) is 25.5 Å². The molecule has 2 amide bonds. The van der Waals surface area contributed by atoms with E-state index in [0.29, 0.717) is 35.1 Å². The summed E-state index contributed by atoms with van der Waals surface area (Å²) in [6.07, 6.45) is 3.80. The number of amides is 2. The van der Waals surface area contributed by atoms with Gasteiger partial charge in [0.2, 0.25) is 5.91 Å². The second-order valence-electron chi connectivity index (χ2n) is 8.15. The van der Waals surface area contributed by atoms with E-state index in [4.69, 9.17) is 27.9 Å². The van der Waals surface area contributed by atoms with Crippen LogP contribution in [0.5, 0.6) is 0 Å². The molecule has 168 valence electrons. The maximum atomic E-state index is 13.3. The van der Waals surface area contributed by atoms with Gasteiger partial charge in [-0.15, -0.1) is 0 Å². The Hall–Kier alpha value is -2.57. The molecule has 2 aromatic rings. The van der Waals surface area contributed by atoms with Crippen LogP contribution in [0.3, 0.4) is 0 Å². The number of halogens is 2. The van der Waals surface area contributed by atoms with Gasteiger partial charge in [0.25, 0.3) is 5.91 Å². The van der Waals surface area contributed by atoms with Gasteiger partial charge in [-0.25, -0.2) is 0 Å². The molecule has 6 nitrogen and oxygen atoms in total. The Balaban J connectivity index is 1.37. The van der Waals surface area contributed by atoms with Crippen molar-refractivity contribution in [2.75, 3.05) is 23.4 Å². The van der Waals surface area contributed by atoms with Crippen LogP contribution < -0.4 is 10.2 Å². The molecule has 4 rings (SSSR count). The van der Waals surface area contributed by atoms with Crippen molar-refractivity contribution in [1.82, 2.24) is 0 Å². The average Bonchev–Trinajstić information content (AvgIpc) is 3.23. The average molecular weight is 475 g/mol. The third kappa shape index (κ3) is 4.92. The fraction of sp³-hybridized carbons (Fsp3) is 0.375. The van der Waals surface area contributed by atoms with E-state index in [2.05, 4.69) is 5.32 Å². The lowest BCUT2D eigenvalue weighted by Gasteiger charge is -2.32. The highest BCUT2D eigenvalue weighted by atomic mass is 35.5. The standard InChI is InChI=1S/C24H24Cl2N2O4/c25-19-10-9-16(13-20(19)26)27-22(29)14-32-24(31)18-7-3-2-6-17(18)23(30)28-12-11-15-5-1-4-8-21(15)28/h1,4-5,8-10,13,17-18H,2-3,6-7,11-12,14H2,(H,27,29)/t17-,18-/m1/s1. The number of fused-ring (bicyclic) bond motifs is 1. The van der Waals surface area contributed by atoms with Gasteiger partial charge in [-0.1, -0.05) is 54.2 Å². The number of carbonyl (C=O) groups is 3. The molecule has 1 N–H and O–H groups in total. The largest absolute Gasteiger partial charge is 0.455 e. The van der Waals surface area contributed by atoms with Gasteiger partial charge < -0.3 is 15.0 Å². The van der Waals surface area contributed by atoms with E-state index in [-0.39, 0.29) is 5.91 Å². The van der Waals surface area contributed by atoms with Gasteiger partial charge >= 0.3 is 5.97 Å². The summed E-state index contributed by atoms with van der Waals surface area (Å²) in [5.74, 6) is -1.98. The van der Waals surface area contributed by atoms with Gasteiger partial charge in [-0.3, -0.25) is 14.4 Å². The summed E-state index contributed by atoms with van der Waals surface area (Å²) in [5.41, 5.74) is 2.53. The number of nitrogens with zero attached hydrogens (tertiary/aromatic N) is 1. The third-order valence-electron chi connectivity index (χ3n) is 6.09. The van der Waals surface area contributed by atoms with Crippen molar-refractivity contribution in [3.63, 3.8) is 0 Å². The molecule has 8 heteroatoms. The number of rotatable bonds is 5. The number of anilines is 2. The van der Waals surface area contributed by atoms with Crippen molar-refractivity contribution < 1.29 is 19.1 Å². The molecule has 2 atom stereocenters. The fourth-order valence-electron chi connectivity index (χ4n) is 4.49. The van der Waals surface area contributed by atoms with Crippen molar-refractivity contribution >= 4 is 52.4 Å². The molecule has 1 aliphatic carbocycles. The van der Waals surface area contributed by atoms with Gasteiger partial charge in [0.1, 0.15) is 0 Å². The topological polar surface area (TPSA) is 75.7 Å². The minimum absolute atomic E-state index is 0.0307. The summed E-state index contributed by atoms with van der Waals surface area (Å²) >= 11 is 11.8. The number of benzene rings is 2. The van der Waals surface area contributed by atoms with Gasteiger partial charge in [0, 0.05) is 17.9 Å². The van der Waals surface area contributed by atoms with E-state index in [1.165, 1.54) is 6.07 Å². The summed E-state index contributed by atoms with van der Waals surface area (Å²) in [5, 5.41) is 3.32. The van der Waals surface area contributed by atoms with Crippen molar-refractivity contribution in [2.45, 2.75) is 32.1 Å². The van der Waals surface area contributed by atoms with Gasteiger partial charge in [0.15, 0.2) is 6.61 Å². The van der Waals surface area contributed by atoms with E-state index in [1.807, 2.05) is 24.3 Å². The molecule has 32 heavy (non-hydrogen) atoms. The van der Waals surface area contributed by atoms with E-state index in [1.54, 1.807) is 17.0 Å². The van der Waals surface area contributed by atoms with Crippen molar-refractivity contribution in [1.29, 1.82) is 0 Å². The molecule has 0 spiro atoms. The Morgan fingerprint density at radius 3 is 2.53 bits per heavy atom. The highest BCUT2D eigenvalue weighted by Crippen LogP contribution is 2.36. The summed E-state index contributed by atoms with van der Waals surface area (Å²) in [6.45, 7) is 0.200. The SMILES string of the molecule is O=C(COC(=O)[C@@H]1CCCC[C@H]1C(=O)N1CCc2ccccc21)Nc1ccc(Cl)c(Cl)c1. The molecule has 0 aromatic heterocycles. The Bertz CT molecular complexity index is 1040. The summed E-state index contributed by atoms with van der Waals surface area (Å²) in [7, 11) is 0. The number of esters is 1. The van der Waals surface area contributed by atoms with Crippen LogP contribution in [0.25, 0.3) is 0 Å². The van der Waals surface area contributed by atoms with E-state index in [0.717, 1.165) is 30.5 Å². The second-order valence-corrected chi connectivity index (χ2v) is 8.97. The molecule has 1 aliphatic heterocycles. The first-order chi connectivity index (χ1) is 15.4. The minimum atomic E-state index is -0.540. The monoisotopic (exact) mass is 474 g/mol. The first-order valence-electron chi connectivity index (χ1n) is 10.7. The fourth-order valence-corrected chi connectivity index (χ4v) is 4.79. The number of hydrogen-bond acceptors (Lipinski definition) is 4. The normalized spacial score (nSPS) is 19.9. The molecule has 1 saturated carbocycles. The molecular formula is C24H24Cl2N2O4. The maximum Gasteiger partial charge on any atom is 0.310 e. The zero-order valence-electron chi connectivity index (χ0n) is 17.5. The smallest absolute Gasteiger partial charge is 0.310 e. The molecule has 0 bridgehead atoms. The van der Waals surface area contributed by atoms with Crippen LogP contribution in [0.2, 0.25) is 10.0 Å². The van der Waals surface area contributed by atoms with Crippen molar-refractivity contribution in [2.24, 2.45) is 11.8 Å². The highest BCUT2D eigenvalue weighted by molar-refractivity contribution is 6.42. The summed E-state index contributed by atoms with van der Waals surface area (Å²) in [6, 6.07) is 12.6. The Morgan fingerprint density at radius 1 is 1.00 bits per heavy atom. The zero-order chi connectivity index (χ0) is 22.7. The first kappa shape index (κ1) is 22.6. The number of para-hydroxylation sites is 1. The van der Waals surface area contributed by atoms with E-state index in [9.17, 15) is 14.4 Å². The number of hydrogen-bond donors (Lipinski definition) is 1. The predicted octanol–water partition coefficient (Wildman–Crippen LogP) is 4.87. The minimum Gasteiger partial charge on any atom is -0.455 e. The summed E-state index contributed by atoms with van der Waals surface area (Å²) < 4.78 is 5.30. The third-order valence-corrected chi connectivity index (χ3v) is 6.83. The van der Waals surface area contributed by atoms with Gasteiger partial charge in [-0.05, 0) is 49.1 Å². The molecular weight excluding hydrogens is 451 g/mol. The van der Waals surface area contributed by atoms with Gasteiger partial charge in [-0.2, -0.15) is 0 Å². The molecule has 0 saturated heterocycles. The second kappa shape index (κ2) is 9.92. The van der Waals surface area contributed by atoms with Crippen LogP contribution >= 0.6 is 23.2 Å². The highest BCUT2D eigenvalue weighted by Gasteiger charge is 2.40. The number of ether oxygens (including phenoxy) is 1. The van der Waals surface area contributed by atoms with Gasteiger partial charge in [0.05, 0.1) is 21.9 Å². The van der Waals surface area contributed by atoms with Crippen LogP contribution in [0, 0.1) is 11.8 Å². The Kier molecular flexibility index (Phi) is 7.01. The van der Waals surface area contributed by atoms with Crippen LogP contribution in [-0.4, -0.2) is 30.9 Å². The lowest BCUT2D eigenvalue weighted by atomic mass is 9.78. The molecule has 2 aliphatic rings. The molecule has 1 heterocycles. The summed E-state index contributed by atoms with van der Waals surface area (Å²) in [4.78, 5) is 40.2. The van der Waals surface area contributed by atoms with Crippen molar-refractivity contribution in [3.8, 4) is 0 Å². The molecule has 0 unspecified atom stereocenters. The Morgan fingerprint density at radius 2 is 1.75 bits per heavy atom. The van der Waals surface area contributed by atoms with Crippen molar-refractivity contribution in [3.05, 3.63) is 58.1 Å².